The van der Waals surface area contributed by atoms with E-state index in [1.807, 2.05) is 12.1 Å². The predicted molar refractivity (Wildman–Crippen MR) is 88.4 cm³/mol. The number of hydrogen-bond acceptors (Lipinski definition) is 1. The van der Waals surface area contributed by atoms with Gasteiger partial charge < -0.3 is 5.73 Å². The molecule has 0 bridgehead atoms. The van der Waals surface area contributed by atoms with Gasteiger partial charge >= 0.3 is 0 Å². The first kappa shape index (κ1) is 14.1. The third-order valence-electron chi connectivity index (χ3n) is 4.40. The van der Waals surface area contributed by atoms with E-state index in [2.05, 4.69) is 46.3 Å². The van der Waals surface area contributed by atoms with E-state index in [4.69, 9.17) is 17.3 Å². The molecule has 0 aliphatic heterocycles. The fourth-order valence-corrected chi connectivity index (χ4v) is 4.00. The van der Waals surface area contributed by atoms with Gasteiger partial charge in [-0.1, -0.05) is 57.9 Å². The molecule has 3 rings (SSSR count). The van der Waals surface area contributed by atoms with Gasteiger partial charge in [0.15, 0.2) is 0 Å². The van der Waals surface area contributed by atoms with Gasteiger partial charge in [-0.15, -0.1) is 0 Å². The third-order valence-corrected chi connectivity index (χ3v) is 5.24. The highest BCUT2D eigenvalue weighted by Crippen LogP contribution is 2.41. The lowest BCUT2D eigenvalue weighted by Crippen LogP contribution is -2.35. The summed E-state index contributed by atoms with van der Waals surface area (Å²) < 4.78 is 1.01. The summed E-state index contributed by atoms with van der Waals surface area (Å²) in [5.74, 6) is 0. The van der Waals surface area contributed by atoms with Crippen LogP contribution in [0.5, 0.6) is 0 Å². The van der Waals surface area contributed by atoms with Crippen molar-refractivity contribution in [3.05, 3.63) is 68.7 Å². The summed E-state index contributed by atoms with van der Waals surface area (Å²) in [6.07, 6.45) is 3.13. The quantitative estimate of drug-likeness (QED) is 0.867. The van der Waals surface area contributed by atoms with E-state index in [9.17, 15) is 0 Å². The molecule has 1 unspecified atom stereocenters. The molecule has 0 saturated heterocycles. The van der Waals surface area contributed by atoms with Gasteiger partial charge in [-0.25, -0.2) is 0 Å². The van der Waals surface area contributed by atoms with Crippen molar-refractivity contribution in [2.24, 2.45) is 5.73 Å². The maximum absolute atomic E-state index is 6.38. The third kappa shape index (κ3) is 2.41. The molecular formula is C17H17BrClN. The lowest BCUT2D eigenvalue weighted by atomic mass is 9.76. The van der Waals surface area contributed by atoms with Gasteiger partial charge in [0.1, 0.15) is 0 Å². The highest BCUT2D eigenvalue weighted by atomic mass is 79.9. The van der Waals surface area contributed by atoms with Crippen LogP contribution in [0, 0.1) is 0 Å². The van der Waals surface area contributed by atoms with E-state index in [1.54, 1.807) is 0 Å². The Morgan fingerprint density at radius 1 is 1.20 bits per heavy atom. The van der Waals surface area contributed by atoms with Crippen molar-refractivity contribution in [2.45, 2.75) is 24.7 Å². The number of aryl methyl sites for hydroxylation is 1. The molecule has 20 heavy (non-hydrogen) atoms. The van der Waals surface area contributed by atoms with Crippen LogP contribution in [-0.2, 0) is 18.3 Å². The maximum atomic E-state index is 6.38. The lowest BCUT2D eigenvalue weighted by molar-refractivity contribution is 0.432. The Balaban J connectivity index is 1.99. The summed E-state index contributed by atoms with van der Waals surface area (Å²) in [5.41, 5.74) is 10.2. The Morgan fingerprint density at radius 2 is 2.00 bits per heavy atom. The number of benzene rings is 2. The molecule has 0 amide bonds. The number of halogens is 2. The van der Waals surface area contributed by atoms with Crippen molar-refractivity contribution < 1.29 is 0 Å². The van der Waals surface area contributed by atoms with Crippen molar-refractivity contribution >= 4 is 27.5 Å². The van der Waals surface area contributed by atoms with E-state index < -0.39 is 0 Å². The Morgan fingerprint density at radius 3 is 2.75 bits per heavy atom. The summed E-state index contributed by atoms with van der Waals surface area (Å²) >= 11 is 9.84. The molecule has 2 aromatic rings. The molecule has 1 aliphatic rings. The lowest BCUT2D eigenvalue weighted by Gasteiger charge is -2.29. The van der Waals surface area contributed by atoms with Crippen LogP contribution >= 0.6 is 27.5 Å². The smallest absolute Gasteiger partial charge is 0.0449 e. The van der Waals surface area contributed by atoms with Crippen molar-refractivity contribution in [3.8, 4) is 0 Å². The highest BCUT2D eigenvalue weighted by molar-refractivity contribution is 9.10. The van der Waals surface area contributed by atoms with Crippen LogP contribution in [-0.4, -0.2) is 6.54 Å². The molecule has 1 nitrogen and oxygen atoms in total. The normalized spacial score (nSPS) is 20.9. The zero-order valence-electron chi connectivity index (χ0n) is 11.2. The van der Waals surface area contributed by atoms with E-state index in [1.165, 1.54) is 16.7 Å². The van der Waals surface area contributed by atoms with Gasteiger partial charge in [0, 0.05) is 21.5 Å². The fourth-order valence-electron chi connectivity index (χ4n) is 3.26. The summed E-state index contributed by atoms with van der Waals surface area (Å²) in [6, 6.07) is 14.8. The molecule has 104 valence electrons. The second-order valence-electron chi connectivity index (χ2n) is 5.55. The summed E-state index contributed by atoms with van der Waals surface area (Å²) in [6.45, 7) is 0.663. The summed E-state index contributed by atoms with van der Waals surface area (Å²) in [7, 11) is 0. The van der Waals surface area contributed by atoms with E-state index in [0.29, 0.717) is 6.54 Å². The standard InChI is InChI=1S/C17H17BrClN/c18-14-6-5-13(16(19)9-14)10-17(11-20)8-7-12-3-1-2-4-15(12)17/h1-6,9H,7-8,10-11,20H2. The van der Waals surface area contributed by atoms with Crippen LogP contribution in [0.25, 0.3) is 0 Å². The van der Waals surface area contributed by atoms with Crippen molar-refractivity contribution in [2.75, 3.05) is 6.54 Å². The van der Waals surface area contributed by atoms with Crippen LogP contribution in [0.15, 0.2) is 46.9 Å². The zero-order valence-corrected chi connectivity index (χ0v) is 13.5. The second kappa shape index (κ2) is 5.51. The number of nitrogens with two attached hydrogens (primary N) is 1. The molecule has 2 N–H and O–H groups in total. The first-order valence-electron chi connectivity index (χ1n) is 6.87. The minimum Gasteiger partial charge on any atom is -0.330 e. The van der Waals surface area contributed by atoms with E-state index >= 15 is 0 Å². The van der Waals surface area contributed by atoms with Gasteiger partial charge in [0.25, 0.3) is 0 Å². The molecule has 0 fully saturated rings. The zero-order chi connectivity index (χ0) is 14.2. The minimum absolute atomic E-state index is 0.0358. The van der Waals surface area contributed by atoms with Crippen LogP contribution in [0.4, 0.5) is 0 Å². The van der Waals surface area contributed by atoms with Gasteiger partial charge in [-0.2, -0.15) is 0 Å². The molecule has 0 heterocycles. The number of rotatable bonds is 3. The summed E-state index contributed by atoms with van der Waals surface area (Å²) in [4.78, 5) is 0. The maximum Gasteiger partial charge on any atom is 0.0449 e. The molecule has 2 aromatic carbocycles. The Bertz CT molecular complexity index is 641. The molecule has 3 heteroatoms. The number of fused-ring (bicyclic) bond motifs is 1. The highest BCUT2D eigenvalue weighted by Gasteiger charge is 2.37. The van der Waals surface area contributed by atoms with Crippen LogP contribution < -0.4 is 5.73 Å². The molecule has 0 aromatic heterocycles. The monoisotopic (exact) mass is 349 g/mol. The van der Waals surface area contributed by atoms with Crippen molar-refractivity contribution in [3.63, 3.8) is 0 Å². The second-order valence-corrected chi connectivity index (χ2v) is 6.88. The van der Waals surface area contributed by atoms with Gasteiger partial charge in [-0.3, -0.25) is 0 Å². The minimum atomic E-state index is 0.0358. The van der Waals surface area contributed by atoms with Gasteiger partial charge in [0.2, 0.25) is 0 Å². The predicted octanol–water partition coefficient (Wildman–Crippen LogP) is 4.49. The van der Waals surface area contributed by atoms with E-state index in [0.717, 1.165) is 28.8 Å². The molecular weight excluding hydrogens is 334 g/mol. The fraction of sp³-hybridized carbons (Fsp3) is 0.294. The van der Waals surface area contributed by atoms with Crippen molar-refractivity contribution in [1.82, 2.24) is 0 Å². The Kier molecular flexibility index (Phi) is 3.89. The van der Waals surface area contributed by atoms with Crippen LogP contribution in [0.3, 0.4) is 0 Å². The Hall–Kier alpha value is -0.830. The van der Waals surface area contributed by atoms with Gasteiger partial charge in [-0.05, 0) is 48.1 Å². The first-order chi connectivity index (χ1) is 9.64. The SMILES string of the molecule is NCC1(Cc2ccc(Br)cc2Cl)CCc2ccccc21. The molecule has 0 radical (unpaired) electrons. The topological polar surface area (TPSA) is 26.0 Å². The average Bonchev–Trinajstić information content (AvgIpc) is 2.82. The molecule has 0 saturated carbocycles. The molecule has 1 aliphatic carbocycles. The molecule has 0 spiro atoms. The Labute approximate surface area is 133 Å². The first-order valence-corrected chi connectivity index (χ1v) is 8.04. The van der Waals surface area contributed by atoms with E-state index in [-0.39, 0.29) is 5.41 Å². The van der Waals surface area contributed by atoms with Gasteiger partial charge in [0.05, 0.1) is 0 Å². The summed E-state index contributed by atoms with van der Waals surface area (Å²) in [5, 5.41) is 0.816. The van der Waals surface area contributed by atoms with Crippen LogP contribution in [0.2, 0.25) is 5.02 Å². The largest absolute Gasteiger partial charge is 0.330 e. The molecule has 1 atom stereocenters. The van der Waals surface area contributed by atoms with Crippen molar-refractivity contribution in [1.29, 1.82) is 0 Å². The average molecular weight is 351 g/mol. The number of hydrogen-bond donors (Lipinski definition) is 1. The van der Waals surface area contributed by atoms with Crippen LogP contribution in [0.1, 0.15) is 23.1 Å².